The molecule has 220 valence electrons. The number of aromatic hydroxyl groups is 1. The number of piperazine rings is 1. The quantitative estimate of drug-likeness (QED) is 0.315. The predicted molar refractivity (Wildman–Crippen MR) is 161 cm³/mol. The first-order valence-electron chi connectivity index (χ1n) is 14.7. The number of hydrogen-bond acceptors (Lipinski definition) is 9. The lowest BCUT2D eigenvalue weighted by molar-refractivity contribution is 0.0828. The lowest BCUT2D eigenvalue weighted by Gasteiger charge is -2.36. The van der Waals surface area contributed by atoms with E-state index in [2.05, 4.69) is 34.1 Å². The van der Waals surface area contributed by atoms with E-state index in [1.807, 2.05) is 6.07 Å². The Morgan fingerprint density at radius 1 is 1.21 bits per heavy atom. The van der Waals surface area contributed by atoms with Crippen LogP contribution >= 0.6 is 11.6 Å². The summed E-state index contributed by atoms with van der Waals surface area (Å²) in [4.78, 5) is 18.7. The first kappa shape index (κ1) is 27.4. The van der Waals surface area contributed by atoms with Crippen molar-refractivity contribution in [3.05, 3.63) is 41.2 Å². The molecule has 7 rings (SSSR count). The number of benzene rings is 2. The number of anilines is 1. The lowest BCUT2D eigenvalue weighted by Crippen LogP contribution is -2.53. The van der Waals surface area contributed by atoms with E-state index in [0.29, 0.717) is 58.9 Å². The number of likely N-dealkylation sites (N-methyl/N-ethyl adjacent to an activating group) is 1. The van der Waals surface area contributed by atoms with Crippen molar-refractivity contribution >= 4 is 39.1 Å². The van der Waals surface area contributed by atoms with Crippen molar-refractivity contribution in [1.29, 1.82) is 0 Å². The van der Waals surface area contributed by atoms with E-state index in [0.717, 1.165) is 38.8 Å². The normalized spacial score (nSPS) is 22.3. The van der Waals surface area contributed by atoms with Gasteiger partial charge in [0.15, 0.2) is 5.82 Å². The van der Waals surface area contributed by atoms with Gasteiger partial charge >= 0.3 is 6.01 Å². The van der Waals surface area contributed by atoms with Crippen LogP contribution in [0, 0.1) is 5.82 Å². The molecule has 2 N–H and O–H groups in total. The van der Waals surface area contributed by atoms with Crippen LogP contribution in [0.1, 0.15) is 32.6 Å². The molecule has 0 saturated carbocycles. The molecule has 0 aliphatic carbocycles. The summed E-state index contributed by atoms with van der Waals surface area (Å²) in [6.07, 6.45) is 4.17. The van der Waals surface area contributed by atoms with Crippen LogP contribution < -0.4 is 19.7 Å². The second-order valence-corrected chi connectivity index (χ2v) is 12.0. The first-order chi connectivity index (χ1) is 20.4. The molecular formula is C31H34ClFN6O3. The summed E-state index contributed by atoms with van der Waals surface area (Å²) in [5.74, 6) is 0.145. The molecule has 3 aliphatic heterocycles. The Morgan fingerprint density at radius 2 is 2.10 bits per heavy atom. The average molecular weight is 593 g/mol. The number of nitrogens with one attached hydrogen (secondary N) is 1. The molecule has 2 fully saturated rings. The maximum Gasteiger partial charge on any atom is 0.319 e. The van der Waals surface area contributed by atoms with E-state index in [1.165, 1.54) is 6.07 Å². The molecule has 0 amide bonds. The van der Waals surface area contributed by atoms with Gasteiger partial charge in [-0.3, -0.25) is 4.90 Å². The lowest BCUT2D eigenvalue weighted by atomic mass is 9.92. The Balaban J connectivity index is 1.42. The van der Waals surface area contributed by atoms with Gasteiger partial charge in [-0.25, -0.2) is 9.37 Å². The summed E-state index contributed by atoms with van der Waals surface area (Å²) < 4.78 is 29.4. The molecule has 0 radical (unpaired) electrons. The molecule has 0 bridgehead atoms. The summed E-state index contributed by atoms with van der Waals surface area (Å²) in [5.41, 5.74) is 0.322. The zero-order chi connectivity index (χ0) is 29.0. The molecular weight excluding hydrogens is 559 g/mol. The van der Waals surface area contributed by atoms with Crippen molar-refractivity contribution in [3.8, 4) is 28.9 Å². The van der Waals surface area contributed by atoms with Gasteiger partial charge < -0.3 is 24.8 Å². The molecule has 42 heavy (non-hydrogen) atoms. The van der Waals surface area contributed by atoms with Crippen molar-refractivity contribution in [2.24, 2.45) is 0 Å². The molecule has 1 unspecified atom stereocenters. The third kappa shape index (κ3) is 4.47. The van der Waals surface area contributed by atoms with Crippen molar-refractivity contribution in [1.82, 2.24) is 25.2 Å². The molecule has 4 aromatic rings. The zero-order valence-electron chi connectivity index (χ0n) is 23.8. The molecule has 9 nitrogen and oxygen atoms in total. The smallest absolute Gasteiger partial charge is 0.319 e. The van der Waals surface area contributed by atoms with Crippen LogP contribution in [0.15, 0.2) is 30.3 Å². The number of likely N-dealkylation sites (tertiary alicyclic amines) is 1. The van der Waals surface area contributed by atoms with Gasteiger partial charge in [0.1, 0.15) is 41.4 Å². The maximum absolute atomic E-state index is 16.8. The Hall–Kier alpha value is -3.47. The summed E-state index contributed by atoms with van der Waals surface area (Å²) in [7, 11) is 2.14. The third-order valence-corrected chi connectivity index (χ3v) is 9.36. The number of halogens is 2. The van der Waals surface area contributed by atoms with Crippen LogP contribution in [-0.4, -0.2) is 83.0 Å². The summed E-state index contributed by atoms with van der Waals surface area (Å²) in [5, 5.41) is 16.1. The summed E-state index contributed by atoms with van der Waals surface area (Å²) in [6.45, 7) is 6.10. The summed E-state index contributed by atoms with van der Waals surface area (Å²) >= 11 is 6.61. The minimum Gasteiger partial charge on any atom is -0.508 e. The van der Waals surface area contributed by atoms with Gasteiger partial charge in [0.25, 0.3) is 0 Å². The number of rotatable bonds is 6. The topological polar surface area (TPSA) is 95.9 Å². The molecule has 0 spiro atoms. The van der Waals surface area contributed by atoms with Gasteiger partial charge in [0.2, 0.25) is 5.88 Å². The number of nitrogens with zero attached hydrogens (tertiary/aromatic N) is 5. The van der Waals surface area contributed by atoms with Gasteiger partial charge in [-0.2, -0.15) is 9.97 Å². The van der Waals surface area contributed by atoms with E-state index in [-0.39, 0.29) is 40.4 Å². The van der Waals surface area contributed by atoms with E-state index in [9.17, 15) is 5.11 Å². The fourth-order valence-corrected chi connectivity index (χ4v) is 7.17. The van der Waals surface area contributed by atoms with Gasteiger partial charge in [0, 0.05) is 35.6 Å². The van der Waals surface area contributed by atoms with Crippen molar-refractivity contribution in [2.45, 2.75) is 44.2 Å². The van der Waals surface area contributed by atoms with Crippen LogP contribution in [0.5, 0.6) is 17.6 Å². The highest BCUT2D eigenvalue weighted by Crippen LogP contribution is 2.44. The first-order valence-corrected chi connectivity index (χ1v) is 15.0. The highest BCUT2D eigenvalue weighted by molar-refractivity contribution is 6.36. The van der Waals surface area contributed by atoms with E-state index >= 15 is 4.39 Å². The monoisotopic (exact) mass is 592 g/mol. The zero-order valence-corrected chi connectivity index (χ0v) is 24.5. The standard InChI is InChI=1S/C31H34ClFN6O3/c1-3-8-31(9-5-11-38(31)2)17-42-30-36-27-24-28(37-30)39-12-10-34-15-19(39)16-41-29(24)35-26(25(27)33)21-14-20(40)13-18-6-4-7-22(32)23(18)21/h4,6-7,13-14,19,34,40H,3,5,8-12,15-17H2,1-2H3/t19-,31?/m0/s1. The largest absolute Gasteiger partial charge is 0.508 e. The molecule has 11 heteroatoms. The fourth-order valence-electron chi connectivity index (χ4n) is 6.88. The van der Waals surface area contributed by atoms with Crippen LogP contribution in [0.25, 0.3) is 32.9 Å². The predicted octanol–water partition coefficient (Wildman–Crippen LogP) is 5.16. The number of pyridine rings is 1. The molecule has 2 aromatic carbocycles. The molecule has 3 aliphatic rings. The van der Waals surface area contributed by atoms with Gasteiger partial charge in [-0.05, 0) is 56.4 Å². The van der Waals surface area contributed by atoms with Crippen molar-refractivity contribution < 1.29 is 19.0 Å². The highest BCUT2D eigenvalue weighted by atomic mass is 35.5. The number of ether oxygens (including phenoxy) is 2. The second kappa shape index (κ2) is 10.7. The number of phenols is 1. The van der Waals surface area contributed by atoms with E-state index in [1.54, 1.807) is 18.2 Å². The van der Waals surface area contributed by atoms with Gasteiger partial charge in [0.05, 0.1) is 11.6 Å². The van der Waals surface area contributed by atoms with Crippen LogP contribution in [-0.2, 0) is 0 Å². The number of hydrogen-bond donors (Lipinski definition) is 2. The average Bonchev–Trinajstić information content (AvgIpc) is 3.26. The SMILES string of the molecule is CCCC1(COc2nc3c4c(nc(-c5cc(O)cc6cccc(Cl)c56)c(F)c4n2)OC[C@@H]2CNCCN32)CCCN1C. The molecule has 2 aromatic heterocycles. The van der Waals surface area contributed by atoms with E-state index in [4.69, 9.17) is 31.0 Å². The third-order valence-electron chi connectivity index (χ3n) is 9.04. The fraction of sp³-hybridized carbons (Fsp3) is 0.452. The number of aromatic nitrogens is 3. The number of fused-ring (bicyclic) bond motifs is 3. The molecule has 5 heterocycles. The number of phenolic OH excluding ortho intramolecular Hbond substituents is 1. The molecule has 2 atom stereocenters. The maximum atomic E-state index is 16.8. The Kier molecular flexibility index (Phi) is 6.95. The van der Waals surface area contributed by atoms with Gasteiger partial charge in [-0.15, -0.1) is 0 Å². The Bertz CT molecular complexity index is 1690. The minimum absolute atomic E-state index is 0.00178. The highest BCUT2D eigenvalue weighted by Gasteiger charge is 2.39. The van der Waals surface area contributed by atoms with E-state index < -0.39 is 5.82 Å². The van der Waals surface area contributed by atoms with Crippen LogP contribution in [0.3, 0.4) is 0 Å². The Labute approximate surface area is 248 Å². The van der Waals surface area contributed by atoms with Crippen molar-refractivity contribution in [3.63, 3.8) is 0 Å². The summed E-state index contributed by atoms with van der Waals surface area (Å²) in [6, 6.07) is 8.53. The van der Waals surface area contributed by atoms with Gasteiger partial charge in [-0.1, -0.05) is 37.1 Å². The minimum atomic E-state index is -0.646. The van der Waals surface area contributed by atoms with Crippen molar-refractivity contribution in [2.75, 3.05) is 51.3 Å². The van der Waals surface area contributed by atoms with Crippen LogP contribution in [0.2, 0.25) is 5.02 Å². The second-order valence-electron chi connectivity index (χ2n) is 11.6. The molecule has 2 saturated heterocycles. The van der Waals surface area contributed by atoms with Crippen LogP contribution in [0.4, 0.5) is 10.2 Å². The Morgan fingerprint density at radius 3 is 2.90 bits per heavy atom.